The lowest BCUT2D eigenvalue weighted by Gasteiger charge is -2.28. The normalized spacial score (nSPS) is 13.7. The standard InChI is InChI=1S/C31H35N3O4S.ClH/c1-36-26-14-15-27(37-2)30-29(26)32-31(39-30)34(17-9-16-33-18-20-38-21-19-33)28(35)22-25(23-10-5-3-6-11-23)24-12-7-4-8-13-24;/h3-8,10-15,25H,9,16-22H2,1-2H3;1H. The van der Waals surface area contributed by atoms with Gasteiger partial charge in [-0.15, -0.1) is 12.4 Å². The van der Waals surface area contributed by atoms with E-state index in [1.165, 1.54) is 11.3 Å². The molecule has 0 N–H and O–H groups in total. The van der Waals surface area contributed by atoms with Gasteiger partial charge in [0, 0.05) is 38.5 Å². The summed E-state index contributed by atoms with van der Waals surface area (Å²) in [7, 11) is 3.28. The summed E-state index contributed by atoms with van der Waals surface area (Å²) in [6, 6.07) is 24.3. The molecule has 0 radical (unpaired) electrons. The van der Waals surface area contributed by atoms with Crippen LogP contribution >= 0.6 is 23.7 Å². The molecular formula is C31H36ClN3O4S. The van der Waals surface area contributed by atoms with E-state index in [2.05, 4.69) is 29.2 Å². The van der Waals surface area contributed by atoms with Crippen LogP contribution in [-0.2, 0) is 9.53 Å². The van der Waals surface area contributed by atoms with E-state index in [9.17, 15) is 4.79 Å². The van der Waals surface area contributed by atoms with Crippen LogP contribution in [0.2, 0.25) is 0 Å². The Kier molecular flexibility index (Phi) is 10.8. The number of thiazole rings is 1. The molecule has 212 valence electrons. The van der Waals surface area contributed by atoms with Crippen molar-refractivity contribution >= 4 is 45.0 Å². The van der Waals surface area contributed by atoms with E-state index in [1.54, 1.807) is 14.2 Å². The quantitative estimate of drug-likeness (QED) is 0.216. The van der Waals surface area contributed by atoms with Gasteiger partial charge in [-0.05, 0) is 29.7 Å². The molecule has 0 saturated carbocycles. The number of carbonyl (C=O) groups is 1. The van der Waals surface area contributed by atoms with Crippen molar-refractivity contribution in [3.63, 3.8) is 0 Å². The largest absolute Gasteiger partial charge is 0.495 e. The number of benzene rings is 3. The molecule has 5 rings (SSSR count). The lowest BCUT2D eigenvalue weighted by molar-refractivity contribution is -0.118. The van der Waals surface area contributed by atoms with Crippen molar-refractivity contribution in [3.05, 3.63) is 83.9 Å². The van der Waals surface area contributed by atoms with E-state index >= 15 is 0 Å². The minimum absolute atomic E-state index is 0. The van der Waals surface area contributed by atoms with Crippen LogP contribution in [0.5, 0.6) is 11.5 Å². The van der Waals surface area contributed by atoms with Crippen LogP contribution in [0.1, 0.15) is 29.9 Å². The lowest BCUT2D eigenvalue weighted by atomic mass is 9.88. The lowest BCUT2D eigenvalue weighted by Crippen LogP contribution is -2.39. The molecule has 3 aromatic carbocycles. The second-order valence-electron chi connectivity index (χ2n) is 9.58. The van der Waals surface area contributed by atoms with Crippen molar-refractivity contribution in [1.82, 2.24) is 9.88 Å². The molecule has 1 aliphatic heterocycles. The summed E-state index contributed by atoms with van der Waals surface area (Å²) in [6.45, 7) is 4.86. The number of ether oxygens (including phenoxy) is 3. The monoisotopic (exact) mass is 581 g/mol. The zero-order valence-corrected chi connectivity index (χ0v) is 24.6. The Morgan fingerprint density at radius 2 is 1.55 bits per heavy atom. The van der Waals surface area contributed by atoms with Crippen molar-refractivity contribution < 1.29 is 19.0 Å². The first kappa shape index (κ1) is 29.8. The number of rotatable bonds is 11. The van der Waals surface area contributed by atoms with Crippen LogP contribution in [0.3, 0.4) is 0 Å². The number of halogens is 1. The van der Waals surface area contributed by atoms with Gasteiger partial charge in [0.2, 0.25) is 5.91 Å². The number of amides is 1. The third-order valence-corrected chi connectivity index (χ3v) is 8.27. The first-order valence-electron chi connectivity index (χ1n) is 13.4. The fourth-order valence-electron chi connectivity index (χ4n) is 5.08. The number of aromatic nitrogens is 1. The van der Waals surface area contributed by atoms with Gasteiger partial charge in [-0.2, -0.15) is 0 Å². The Labute approximate surface area is 246 Å². The summed E-state index contributed by atoms with van der Waals surface area (Å²) in [5, 5.41) is 0.666. The van der Waals surface area contributed by atoms with E-state index in [1.807, 2.05) is 53.4 Å². The Bertz CT molecular complexity index is 1280. The first-order chi connectivity index (χ1) is 19.2. The van der Waals surface area contributed by atoms with Gasteiger partial charge in [0.25, 0.3) is 0 Å². The number of hydrogen-bond donors (Lipinski definition) is 0. The maximum Gasteiger partial charge on any atom is 0.229 e. The Morgan fingerprint density at radius 1 is 0.950 bits per heavy atom. The third kappa shape index (κ3) is 6.93. The van der Waals surface area contributed by atoms with Crippen molar-refractivity contribution in [1.29, 1.82) is 0 Å². The van der Waals surface area contributed by atoms with E-state index in [-0.39, 0.29) is 24.2 Å². The molecule has 0 unspecified atom stereocenters. The average Bonchev–Trinajstić information content (AvgIpc) is 3.44. The fraction of sp³-hybridized carbons (Fsp3) is 0.355. The van der Waals surface area contributed by atoms with Gasteiger partial charge in [0.1, 0.15) is 21.7 Å². The van der Waals surface area contributed by atoms with Gasteiger partial charge in [-0.25, -0.2) is 4.98 Å². The van der Waals surface area contributed by atoms with E-state index < -0.39 is 0 Å². The zero-order chi connectivity index (χ0) is 27.0. The van der Waals surface area contributed by atoms with Crippen molar-refractivity contribution in [3.8, 4) is 11.5 Å². The predicted octanol–water partition coefficient (Wildman–Crippen LogP) is 6.01. The highest BCUT2D eigenvalue weighted by Crippen LogP contribution is 2.41. The number of hydrogen-bond acceptors (Lipinski definition) is 7. The molecule has 0 spiro atoms. The number of fused-ring (bicyclic) bond motifs is 1. The molecule has 4 aromatic rings. The maximum atomic E-state index is 14.2. The van der Waals surface area contributed by atoms with Crippen LogP contribution in [0.15, 0.2) is 72.8 Å². The summed E-state index contributed by atoms with van der Waals surface area (Å²) < 4.78 is 17.6. The molecule has 0 bridgehead atoms. The summed E-state index contributed by atoms with van der Waals surface area (Å²) >= 11 is 1.47. The van der Waals surface area contributed by atoms with Crippen molar-refractivity contribution in [2.24, 2.45) is 0 Å². The molecule has 40 heavy (non-hydrogen) atoms. The maximum absolute atomic E-state index is 14.2. The van der Waals surface area contributed by atoms with Crippen LogP contribution in [0.25, 0.3) is 10.2 Å². The van der Waals surface area contributed by atoms with Crippen LogP contribution in [0, 0.1) is 0 Å². The van der Waals surface area contributed by atoms with Gasteiger partial charge in [-0.3, -0.25) is 14.6 Å². The molecule has 1 fully saturated rings. The molecule has 7 nitrogen and oxygen atoms in total. The number of nitrogens with zero attached hydrogens (tertiary/aromatic N) is 3. The summed E-state index contributed by atoms with van der Waals surface area (Å²) in [5.74, 6) is 1.38. The highest BCUT2D eigenvalue weighted by atomic mass is 35.5. The highest BCUT2D eigenvalue weighted by molar-refractivity contribution is 7.22. The molecule has 0 aliphatic carbocycles. The zero-order valence-electron chi connectivity index (χ0n) is 23.0. The molecule has 0 atom stereocenters. The smallest absolute Gasteiger partial charge is 0.229 e. The third-order valence-electron chi connectivity index (χ3n) is 7.17. The molecule has 1 saturated heterocycles. The Balaban J connectivity index is 0.00000370. The molecule has 1 amide bonds. The molecule has 9 heteroatoms. The molecule has 1 aromatic heterocycles. The second kappa shape index (κ2) is 14.5. The summed E-state index contributed by atoms with van der Waals surface area (Å²) in [6.07, 6.45) is 1.19. The molecular weight excluding hydrogens is 546 g/mol. The number of anilines is 1. The average molecular weight is 582 g/mol. The first-order valence-corrected chi connectivity index (χ1v) is 14.2. The van der Waals surface area contributed by atoms with E-state index in [4.69, 9.17) is 19.2 Å². The van der Waals surface area contributed by atoms with Gasteiger partial charge < -0.3 is 14.2 Å². The van der Waals surface area contributed by atoms with Crippen LogP contribution in [-0.4, -0.2) is 69.4 Å². The van der Waals surface area contributed by atoms with Gasteiger partial charge in [-0.1, -0.05) is 72.0 Å². The van der Waals surface area contributed by atoms with Gasteiger partial charge >= 0.3 is 0 Å². The minimum atomic E-state index is -0.0555. The van der Waals surface area contributed by atoms with Crippen LogP contribution in [0.4, 0.5) is 5.13 Å². The predicted molar refractivity (Wildman–Crippen MR) is 164 cm³/mol. The number of methoxy groups -OCH3 is 2. The highest BCUT2D eigenvalue weighted by Gasteiger charge is 2.26. The Hall–Kier alpha value is -3.17. The number of carbonyl (C=O) groups excluding carboxylic acids is 1. The fourth-order valence-corrected chi connectivity index (χ4v) is 6.20. The molecule has 2 heterocycles. The Morgan fingerprint density at radius 3 is 2.15 bits per heavy atom. The van der Waals surface area contributed by atoms with Crippen molar-refractivity contribution in [2.45, 2.75) is 18.8 Å². The van der Waals surface area contributed by atoms with Crippen LogP contribution < -0.4 is 14.4 Å². The topological polar surface area (TPSA) is 64.1 Å². The van der Waals surface area contributed by atoms with E-state index in [0.29, 0.717) is 29.4 Å². The van der Waals surface area contributed by atoms with Crippen molar-refractivity contribution in [2.75, 3.05) is 58.5 Å². The van der Waals surface area contributed by atoms with E-state index in [0.717, 1.165) is 60.8 Å². The minimum Gasteiger partial charge on any atom is -0.495 e. The van der Waals surface area contributed by atoms with Gasteiger partial charge in [0.15, 0.2) is 5.13 Å². The summed E-state index contributed by atoms with van der Waals surface area (Å²) in [5.41, 5.74) is 2.96. The van der Waals surface area contributed by atoms with Gasteiger partial charge in [0.05, 0.1) is 27.4 Å². The molecule has 1 aliphatic rings. The summed E-state index contributed by atoms with van der Waals surface area (Å²) in [4.78, 5) is 23.3. The second-order valence-corrected chi connectivity index (χ2v) is 10.6. The SMILES string of the molecule is COc1ccc(OC)c2sc(N(CCCN3CCOCC3)C(=O)CC(c3ccccc3)c3ccccc3)nc12.Cl. The number of morpholine rings is 1.